The molecule has 8 heteroatoms. The summed E-state index contributed by atoms with van der Waals surface area (Å²) in [5, 5.41) is 4.54. The van der Waals surface area contributed by atoms with Gasteiger partial charge in [0.2, 0.25) is 5.91 Å². The Morgan fingerprint density at radius 1 is 0.722 bits per heavy atom. The largest absolute Gasteiger partial charge is 0.444 e. The van der Waals surface area contributed by atoms with Gasteiger partial charge >= 0.3 is 12.2 Å². The van der Waals surface area contributed by atoms with E-state index in [-0.39, 0.29) is 25.0 Å². The summed E-state index contributed by atoms with van der Waals surface area (Å²) in [4.78, 5) is 49.0. The van der Waals surface area contributed by atoms with E-state index in [0.717, 1.165) is 22.3 Å². The fourth-order valence-electron chi connectivity index (χ4n) is 4.01. The highest BCUT2D eigenvalue weighted by molar-refractivity contribution is 6.03. The minimum absolute atomic E-state index is 0.0629. The van der Waals surface area contributed by atoms with Gasteiger partial charge in [-0.3, -0.25) is 20.2 Å². The maximum atomic E-state index is 12.6. The molecular formula is C28H26N2O6. The van der Waals surface area contributed by atoms with E-state index in [1.807, 2.05) is 60.7 Å². The number of nitrogens with one attached hydrogen (secondary N) is 2. The molecule has 1 unspecified atom stereocenters. The minimum atomic E-state index is -0.822. The number of carbonyl (C=O) groups is 4. The molecular weight excluding hydrogens is 460 g/mol. The second kappa shape index (κ2) is 11.8. The van der Waals surface area contributed by atoms with Gasteiger partial charge in [-0.1, -0.05) is 66.7 Å². The second-order valence-corrected chi connectivity index (χ2v) is 8.49. The highest BCUT2D eigenvalue weighted by atomic mass is 16.6. The summed E-state index contributed by atoms with van der Waals surface area (Å²) in [5.74, 6) is -1.33. The number of amides is 4. The van der Waals surface area contributed by atoms with Crippen LogP contribution in [-0.2, 0) is 40.3 Å². The Morgan fingerprint density at radius 3 is 1.92 bits per heavy atom. The van der Waals surface area contributed by atoms with E-state index in [1.54, 1.807) is 18.2 Å². The lowest BCUT2D eigenvalue weighted by atomic mass is 9.82. The van der Waals surface area contributed by atoms with Gasteiger partial charge in [-0.2, -0.15) is 0 Å². The zero-order chi connectivity index (χ0) is 25.3. The van der Waals surface area contributed by atoms with E-state index in [4.69, 9.17) is 9.47 Å². The Morgan fingerprint density at radius 2 is 1.31 bits per heavy atom. The van der Waals surface area contributed by atoms with E-state index in [9.17, 15) is 19.2 Å². The molecule has 0 spiro atoms. The fraction of sp³-hybridized carbons (Fsp3) is 0.214. The molecule has 1 aliphatic carbocycles. The summed E-state index contributed by atoms with van der Waals surface area (Å²) in [6.45, 7) is 0.144. The Labute approximate surface area is 208 Å². The average Bonchev–Trinajstić information content (AvgIpc) is 2.91. The van der Waals surface area contributed by atoms with E-state index in [2.05, 4.69) is 10.6 Å². The molecule has 36 heavy (non-hydrogen) atoms. The minimum Gasteiger partial charge on any atom is -0.444 e. The third kappa shape index (κ3) is 6.79. The van der Waals surface area contributed by atoms with Crippen LogP contribution in [0.15, 0.2) is 78.9 Å². The van der Waals surface area contributed by atoms with E-state index < -0.39 is 18.1 Å². The first-order valence-corrected chi connectivity index (χ1v) is 11.6. The van der Waals surface area contributed by atoms with Gasteiger partial charge in [-0.05, 0) is 53.6 Å². The maximum absolute atomic E-state index is 12.6. The van der Waals surface area contributed by atoms with Crippen molar-refractivity contribution in [3.8, 4) is 0 Å². The van der Waals surface area contributed by atoms with Crippen LogP contribution in [-0.4, -0.2) is 24.0 Å². The lowest BCUT2D eigenvalue weighted by Gasteiger charge is -2.24. The van der Waals surface area contributed by atoms with Crippen LogP contribution in [0.3, 0.4) is 0 Å². The van der Waals surface area contributed by atoms with Crippen LogP contribution in [0.4, 0.5) is 9.59 Å². The third-order valence-corrected chi connectivity index (χ3v) is 5.93. The predicted molar refractivity (Wildman–Crippen MR) is 131 cm³/mol. The standard InChI is InChI=1S/C28H26N2O6/c31-25(29-27(33)35-17-19-7-3-1-4-8-19)23-13-11-22-16-24(14-12-21(22)15-23)26(32)30-28(34)36-18-20-9-5-2-6-10-20/h1-11,13,15,24H,12,14,16-18H2,(H,29,31,33)(H,30,32,34). The van der Waals surface area contributed by atoms with E-state index >= 15 is 0 Å². The zero-order valence-corrected chi connectivity index (χ0v) is 19.6. The van der Waals surface area contributed by atoms with Gasteiger partial charge in [-0.25, -0.2) is 9.59 Å². The summed E-state index contributed by atoms with van der Waals surface area (Å²) >= 11 is 0. The SMILES string of the molecule is O=C(NC(=O)c1ccc2c(c1)CCC(C(=O)NC(=O)OCc1ccccc1)C2)OCc1ccccc1. The topological polar surface area (TPSA) is 111 Å². The van der Waals surface area contributed by atoms with Gasteiger partial charge in [0.25, 0.3) is 5.91 Å². The number of aryl methyl sites for hydroxylation is 1. The van der Waals surface area contributed by atoms with Gasteiger partial charge in [0.1, 0.15) is 13.2 Å². The molecule has 184 valence electrons. The Kier molecular flexibility index (Phi) is 8.08. The second-order valence-electron chi connectivity index (χ2n) is 8.49. The molecule has 0 aliphatic heterocycles. The molecule has 0 radical (unpaired) electrons. The molecule has 0 aromatic heterocycles. The summed E-state index contributed by atoms with van der Waals surface area (Å²) in [6.07, 6.45) is -0.0758. The molecule has 4 amide bonds. The van der Waals surface area contributed by atoms with Crippen LogP contribution >= 0.6 is 0 Å². The van der Waals surface area contributed by atoms with Crippen molar-refractivity contribution in [2.75, 3.05) is 0 Å². The van der Waals surface area contributed by atoms with Gasteiger partial charge in [0.05, 0.1) is 0 Å². The first-order chi connectivity index (χ1) is 17.5. The summed E-state index contributed by atoms with van der Waals surface area (Å²) in [5.41, 5.74) is 3.82. The normalized spacial score (nSPS) is 14.2. The molecule has 0 fully saturated rings. The van der Waals surface area contributed by atoms with Crippen molar-refractivity contribution in [3.63, 3.8) is 0 Å². The molecule has 1 atom stereocenters. The van der Waals surface area contributed by atoms with Crippen molar-refractivity contribution in [2.45, 2.75) is 32.5 Å². The number of hydrogen-bond acceptors (Lipinski definition) is 6. The van der Waals surface area contributed by atoms with Gasteiger partial charge < -0.3 is 9.47 Å². The van der Waals surface area contributed by atoms with Crippen LogP contribution in [0, 0.1) is 5.92 Å². The van der Waals surface area contributed by atoms with Crippen molar-refractivity contribution in [2.24, 2.45) is 5.92 Å². The number of carbonyl (C=O) groups excluding carboxylic acids is 4. The lowest BCUT2D eigenvalue weighted by Crippen LogP contribution is -2.38. The first-order valence-electron chi connectivity index (χ1n) is 11.6. The number of imide groups is 2. The molecule has 4 rings (SSSR count). The molecule has 8 nitrogen and oxygen atoms in total. The van der Waals surface area contributed by atoms with Crippen molar-refractivity contribution < 1.29 is 28.7 Å². The monoisotopic (exact) mass is 486 g/mol. The molecule has 3 aromatic rings. The van der Waals surface area contributed by atoms with Crippen LogP contribution in [0.2, 0.25) is 0 Å². The number of benzene rings is 3. The van der Waals surface area contributed by atoms with Crippen LogP contribution in [0.1, 0.15) is 39.0 Å². The smallest absolute Gasteiger partial charge is 0.414 e. The number of ether oxygens (including phenoxy) is 2. The third-order valence-electron chi connectivity index (χ3n) is 5.93. The van der Waals surface area contributed by atoms with Crippen molar-refractivity contribution in [1.82, 2.24) is 10.6 Å². The molecule has 0 saturated heterocycles. The van der Waals surface area contributed by atoms with Crippen LogP contribution < -0.4 is 10.6 Å². The fourth-order valence-corrected chi connectivity index (χ4v) is 4.01. The molecule has 0 heterocycles. The molecule has 0 bridgehead atoms. The highest BCUT2D eigenvalue weighted by Crippen LogP contribution is 2.27. The molecule has 3 aromatic carbocycles. The Hall–Kier alpha value is -4.46. The number of alkyl carbamates (subject to hydrolysis) is 2. The number of fused-ring (bicyclic) bond motifs is 1. The predicted octanol–water partition coefficient (Wildman–Crippen LogP) is 4.31. The first kappa shape index (κ1) is 24.7. The Bertz CT molecular complexity index is 1240. The quantitative estimate of drug-likeness (QED) is 0.537. The molecule has 2 N–H and O–H groups in total. The summed E-state index contributed by atoms with van der Waals surface area (Å²) in [6, 6.07) is 23.5. The van der Waals surface area contributed by atoms with Crippen LogP contribution in [0.25, 0.3) is 0 Å². The maximum Gasteiger partial charge on any atom is 0.414 e. The zero-order valence-electron chi connectivity index (χ0n) is 19.6. The Balaban J connectivity index is 1.26. The van der Waals surface area contributed by atoms with Crippen molar-refractivity contribution >= 4 is 24.0 Å². The van der Waals surface area contributed by atoms with E-state index in [0.29, 0.717) is 24.8 Å². The van der Waals surface area contributed by atoms with Gasteiger partial charge in [0, 0.05) is 11.5 Å². The van der Waals surface area contributed by atoms with Crippen molar-refractivity contribution in [3.05, 3.63) is 107 Å². The highest BCUT2D eigenvalue weighted by Gasteiger charge is 2.27. The van der Waals surface area contributed by atoms with Gasteiger partial charge in [-0.15, -0.1) is 0 Å². The average molecular weight is 487 g/mol. The summed E-state index contributed by atoms with van der Waals surface area (Å²) < 4.78 is 10.2. The number of hydrogen-bond donors (Lipinski definition) is 2. The van der Waals surface area contributed by atoms with Crippen LogP contribution in [0.5, 0.6) is 0 Å². The van der Waals surface area contributed by atoms with Crippen molar-refractivity contribution in [1.29, 1.82) is 0 Å². The lowest BCUT2D eigenvalue weighted by molar-refractivity contribution is -0.124. The van der Waals surface area contributed by atoms with Gasteiger partial charge in [0.15, 0.2) is 0 Å². The number of rotatable bonds is 6. The molecule has 0 saturated carbocycles. The molecule has 1 aliphatic rings. The van der Waals surface area contributed by atoms with E-state index in [1.165, 1.54) is 0 Å². The summed E-state index contributed by atoms with van der Waals surface area (Å²) in [7, 11) is 0.